The van der Waals surface area contributed by atoms with Crippen molar-refractivity contribution in [1.82, 2.24) is 5.32 Å². The van der Waals surface area contributed by atoms with Gasteiger partial charge in [0.15, 0.2) is 0 Å². The van der Waals surface area contributed by atoms with Crippen LogP contribution in [0.5, 0.6) is 5.75 Å². The van der Waals surface area contributed by atoms with Gasteiger partial charge in [0.05, 0.1) is 12.2 Å². The maximum atomic E-state index is 12.6. The molecule has 2 aliphatic rings. The molecule has 1 amide bonds. The Hall–Kier alpha value is -1.92. The van der Waals surface area contributed by atoms with Crippen LogP contribution in [0.3, 0.4) is 0 Å². The van der Waals surface area contributed by atoms with Crippen LogP contribution < -0.4 is 10.1 Å². The third kappa shape index (κ3) is 8.74. The Balaban J connectivity index is 1.34. The zero-order valence-corrected chi connectivity index (χ0v) is 20.0. The van der Waals surface area contributed by atoms with Gasteiger partial charge in [-0.05, 0) is 62.0 Å². The number of hydrogen-bond donors (Lipinski definition) is 3. The van der Waals surface area contributed by atoms with Gasteiger partial charge in [-0.2, -0.15) is 0 Å². The lowest BCUT2D eigenvalue weighted by Gasteiger charge is -2.27. The van der Waals surface area contributed by atoms with Crippen LogP contribution in [0.25, 0.3) is 0 Å². The van der Waals surface area contributed by atoms with Gasteiger partial charge in [0.2, 0.25) is 5.91 Å². The molecule has 2 aliphatic carbocycles. The first kappa shape index (κ1) is 25.7. The SMILES string of the molecule is C[C@@H](C[C@@H](O)COc1ccccc1)[C@H]1C(=O)C[C@H](O)C1CCCCCCC(=O)NCC1CC1. The smallest absolute Gasteiger partial charge is 0.220 e. The molecule has 1 aromatic carbocycles. The summed E-state index contributed by atoms with van der Waals surface area (Å²) in [4.78, 5) is 24.4. The van der Waals surface area contributed by atoms with Crippen molar-refractivity contribution in [1.29, 1.82) is 0 Å². The van der Waals surface area contributed by atoms with Crippen LogP contribution in [0.15, 0.2) is 30.3 Å². The molecule has 184 valence electrons. The fraction of sp³-hybridized carbons (Fsp3) is 0.704. The zero-order valence-electron chi connectivity index (χ0n) is 20.0. The Morgan fingerprint density at radius 3 is 2.61 bits per heavy atom. The number of nitrogens with one attached hydrogen (secondary N) is 1. The minimum absolute atomic E-state index is 0.0100. The molecule has 0 heterocycles. The van der Waals surface area contributed by atoms with Crippen LogP contribution in [0.2, 0.25) is 0 Å². The Kier molecular flexibility index (Phi) is 10.2. The molecule has 33 heavy (non-hydrogen) atoms. The minimum atomic E-state index is -0.655. The van der Waals surface area contributed by atoms with Crippen molar-refractivity contribution in [3.8, 4) is 5.75 Å². The molecule has 1 aromatic rings. The number of benzene rings is 1. The predicted octanol–water partition coefficient (Wildman–Crippen LogP) is 3.89. The van der Waals surface area contributed by atoms with Crippen molar-refractivity contribution in [2.75, 3.05) is 13.2 Å². The number of unbranched alkanes of at least 4 members (excludes halogenated alkanes) is 3. The third-order valence-corrected chi connectivity index (χ3v) is 7.16. The summed E-state index contributed by atoms with van der Waals surface area (Å²) in [6.45, 7) is 3.02. The summed E-state index contributed by atoms with van der Waals surface area (Å²) in [7, 11) is 0. The first-order valence-corrected chi connectivity index (χ1v) is 12.8. The van der Waals surface area contributed by atoms with Gasteiger partial charge < -0.3 is 20.3 Å². The number of aliphatic hydroxyl groups is 2. The number of rotatable bonds is 15. The van der Waals surface area contributed by atoms with E-state index in [1.54, 1.807) is 0 Å². The summed E-state index contributed by atoms with van der Waals surface area (Å²) >= 11 is 0. The molecule has 3 N–H and O–H groups in total. The average molecular weight is 460 g/mol. The molecule has 0 saturated heterocycles. The zero-order chi connectivity index (χ0) is 23.6. The molecule has 1 unspecified atom stereocenters. The van der Waals surface area contributed by atoms with Crippen LogP contribution in [-0.4, -0.2) is 47.3 Å². The van der Waals surface area contributed by atoms with Crippen molar-refractivity contribution < 1.29 is 24.5 Å². The van der Waals surface area contributed by atoms with Gasteiger partial charge in [-0.15, -0.1) is 0 Å². The molecule has 2 fully saturated rings. The molecular weight excluding hydrogens is 418 g/mol. The largest absolute Gasteiger partial charge is 0.491 e. The number of hydrogen-bond acceptors (Lipinski definition) is 5. The Labute approximate surface area is 198 Å². The summed E-state index contributed by atoms with van der Waals surface area (Å²) < 4.78 is 5.64. The van der Waals surface area contributed by atoms with Gasteiger partial charge in [0, 0.05) is 25.3 Å². The number of Topliss-reactive ketones (excluding diaryl/α,β-unsaturated/α-hetero) is 1. The predicted molar refractivity (Wildman–Crippen MR) is 128 cm³/mol. The fourth-order valence-electron chi connectivity index (χ4n) is 5.12. The lowest BCUT2D eigenvalue weighted by Crippen LogP contribution is -2.30. The average Bonchev–Trinajstić information content (AvgIpc) is 3.58. The first-order chi connectivity index (χ1) is 15.9. The van der Waals surface area contributed by atoms with Crippen molar-refractivity contribution in [3.05, 3.63) is 30.3 Å². The van der Waals surface area contributed by atoms with E-state index in [9.17, 15) is 19.8 Å². The van der Waals surface area contributed by atoms with Gasteiger partial charge in [-0.3, -0.25) is 9.59 Å². The van der Waals surface area contributed by atoms with Crippen LogP contribution in [0, 0.1) is 23.7 Å². The standard InChI is InChI=1S/C27H41NO5/c1-19(15-21(29)18-33-22-9-5-4-6-10-22)27-23(24(30)16-25(27)31)11-7-2-3-8-12-26(32)28-17-20-13-14-20/h4-6,9-10,19-21,23-24,27,29-30H,2-3,7-8,11-18H2,1H3,(H,28,32)/t19-,21+,23?,24-,27+/m0/s1. The number of ether oxygens (including phenoxy) is 1. The summed E-state index contributed by atoms with van der Waals surface area (Å²) in [6, 6.07) is 9.39. The number of carbonyl (C=O) groups excluding carboxylic acids is 2. The molecule has 3 rings (SSSR count). The quantitative estimate of drug-likeness (QED) is 0.346. The Morgan fingerprint density at radius 2 is 1.88 bits per heavy atom. The highest BCUT2D eigenvalue weighted by molar-refractivity contribution is 5.84. The summed E-state index contributed by atoms with van der Waals surface area (Å²) in [6.07, 6.45) is 7.16. The second kappa shape index (κ2) is 13.1. The molecular formula is C27H41NO5. The van der Waals surface area contributed by atoms with Gasteiger partial charge >= 0.3 is 0 Å². The number of amides is 1. The second-order valence-corrected chi connectivity index (χ2v) is 10.1. The van der Waals surface area contributed by atoms with Gasteiger partial charge in [0.1, 0.15) is 18.1 Å². The van der Waals surface area contributed by atoms with E-state index in [-0.39, 0.29) is 42.5 Å². The summed E-state index contributed by atoms with van der Waals surface area (Å²) in [5, 5.41) is 23.9. The lowest BCUT2D eigenvalue weighted by atomic mass is 9.78. The van der Waals surface area contributed by atoms with E-state index in [0.29, 0.717) is 18.8 Å². The van der Waals surface area contributed by atoms with Gasteiger partial charge in [-0.25, -0.2) is 0 Å². The maximum absolute atomic E-state index is 12.6. The number of aliphatic hydroxyl groups excluding tert-OH is 2. The van der Waals surface area contributed by atoms with E-state index in [4.69, 9.17) is 4.74 Å². The maximum Gasteiger partial charge on any atom is 0.220 e. The highest BCUT2D eigenvalue weighted by Crippen LogP contribution is 2.39. The van der Waals surface area contributed by atoms with Crippen molar-refractivity contribution in [2.45, 2.75) is 83.3 Å². The molecule has 0 bridgehead atoms. The van der Waals surface area contributed by atoms with E-state index >= 15 is 0 Å². The fourth-order valence-corrected chi connectivity index (χ4v) is 5.12. The van der Waals surface area contributed by atoms with Gasteiger partial charge in [-0.1, -0.05) is 44.4 Å². The number of para-hydroxylation sites is 1. The monoisotopic (exact) mass is 459 g/mol. The van der Waals surface area contributed by atoms with Crippen LogP contribution in [0.1, 0.15) is 71.1 Å². The van der Waals surface area contributed by atoms with Crippen LogP contribution in [0.4, 0.5) is 0 Å². The summed E-state index contributed by atoms with van der Waals surface area (Å²) in [5.74, 6) is 1.43. The lowest BCUT2D eigenvalue weighted by molar-refractivity contribution is -0.123. The molecule has 5 atom stereocenters. The molecule has 0 aliphatic heterocycles. The number of carbonyl (C=O) groups is 2. The van der Waals surface area contributed by atoms with E-state index in [2.05, 4.69) is 5.32 Å². The summed E-state index contributed by atoms with van der Waals surface area (Å²) in [5.41, 5.74) is 0. The molecule has 0 radical (unpaired) electrons. The van der Waals surface area contributed by atoms with E-state index < -0.39 is 12.2 Å². The van der Waals surface area contributed by atoms with Crippen molar-refractivity contribution in [3.63, 3.8) is 0 Å². The number of ketones is 1. The third-order valence-electron chi connectivity index (χ3n) is 7.16. The van der Waals surface area contributed by atoms with Crippen molar-refractivity contribution in [2.24, 2.45) is 23.7 Å². The highest BCUT2D eigenvalue weighted by Gasteiger charge is 2.43. The Morgan fingerprint density at radius 1 is 1.15 bits per heavy atom. The highest BCUT2D eigenvalue weighted by atomic mass is 16.5. The van der Waals surface area contributed by atoms with Crippen molar-refractivity contribution >= 4 is 11.7 Å². The molecule has 0 spiro atoms. The first-order valence-electron chi connectivity index (χ1n) is 12.8. The molecule has 6 heteroatoms. The Bertz CT molecular complexity index is 735. The van der Waals surface area contributed by atoms with E-state index in [1.165, 1.54) is 12.8 Å². The normalized spacial score (nSPS) is 24.5. The van der Waals surface area contributed by atoms with E-state index in [0.717, 1.165) is 44.4 Å². The van der Waals surface area contributed by atoms with Crippen LogP contribution in [-0.2, 0) is 9.59 Å². The van der Waals surface area contributed by atoms with Crippen LogP contribution >= 0.6 is 0 Å². The molecule has 0 aromatic heterocycles. The second-order valence-electron chi connectivity index (χ2n) is 10.1. The van der Waals surface area contributed by atoms with Gasteiger partial charge in [0.25, 0.3) is 0 Å². The molecule has 2 saturated carbocycles. The topological polar surface area (TPSA) is 95.9 Å². The molecule has 6 nitrogen and oxygen atoms in total. The minimum Gasteiger partial charge on any atom is -0.491 e. The van der Waals surface area contributed by atoms with E-state index in [1.807, 2.05) is 37.3 Å².